The summed E-state index contributed by atoms with van der Waals surface area (Å²) in [7, 11) is -4.00. The maximum atomic E-state index is 11.9. The van der Waals surface area contributed by atoms with Crippen molar-refractivity contribution < 1.29 is 23.4 Å². The molecule has 3 N–H and O–H groups in total. The molecule has 0 fully saturated rings. The fourth-order valence-corrected chi connectivity index (χ4v) is 3.61. The van der Waals surface area contributed by atoms with Crippen LogP contribution in [0.15, 0.2) is 27.6 Å². The first-order valence-corrected chi connectivity index (χ1v) is 7.17. The van der Waals surface area contributed by atoms with Crippen molar-refractivity contribution in [1.82, 2.24) is 4.72 Å². The second-order valence-corrected chi connectivity index (χ2v) is 6.17. The molecule has 0 spiro atoms. The smallest absolute Gasteiger partial charge is 0.324 e. The maximum absolute atomic E-state index is 11.9. The van der Waals surface area contributed by atoms with Crippen LogP contribution in [0.25, 0.3) is 0 Å². The molecule has 100 valence electrons. The summed E-state index contributed by atoms with van der Waals surface area (Å²) in [6.45, 7) is 0.973. The molecule has 0 aliphatic rings. The van der Waals surface area contributed by atoms with Gasteiger partial charge >= 0.3 is 5.97 Å². The highest BCUT2D eigenvalue weighted by Gasteiger charge is 2.26. The van der Waals surface area contributed by atoms with Gasteiger partial charge in [0.25, 0.3) is 0 Å². The van der Waals surface area contributed by atoms with E-state index in [0.717, 1.165) is 5.56 Å². The van der Waals surface area contributed by atoms with Crippen LogP contribution in [0.3, 0.4) is 0 Å². The predicted molar refractivity (Wildman–Crippen MR) is 67.7 cm³/mol. The van der Waals surface area contributed by atoms with E-state index in [2.05, 4.69) is 15.9 Å². The Bertz CT molecular complexity index is 557. The summed E-state index contributed by atoms with van der Waals surface area (Å²) in [5.74, 6) is -1.44. The van der Waals surface area contributed by atoms with E-state index < -0.39 is 28.6 Å². The first-order chi connectivity index (χ1) is 8.27. The summed E-state index contributed by atoms with van der Waals surface area (Å²) in [5, 5.41) is 17.5. The van der Waals surface area contributed by atoms with Gasteiger partial charge in [-0.1, -0.05) is 6.07 Å². The van der Waals surface area contributed by atoms with Gasteiger partial charge in [0, 0.05) is 4.47 Å². The third-order valence-electron chi connectivity index (χ3n) is 2.15. The molecule has 0 aliphatic carbocycles. The lowest BCUT2D eigenvalue weighted by atomic mass is 10.2. The number of aryl methyl sites for hydroxylation is 1. The van der Waals surface area contributed by atoms with Gasteiger partial charge in [0.1, 0.15) is 6.04 Å². The van der Waals surface area contributed by atoms with E-state index in [1.807, 2.05) is 4.72 Å². The number of carboxylic acid groups (broad SMARTS) is 1. The number of carbonyl (C=O) groups is 1. The van der Waals surface area contributed by atoms with Crippen LogP contribution in [0.4, 0.5) is 0 Å². The highest BCUT2D eigenvalue weighted by atomic mass is 79.9. The number of hydrogen-bond donors (Lipinski definition) is 3. The van der Waals surface area contributed by atoms with E-state index in [9.17, 15) is 13.2 Å². The van der Waals surface area contributed by atoms with Crippen LogP contribution in [0.5, 0.6) is 0 Å². The summed E-state index contributed by atoms with van der Waals surface area (Å²) >= 11 is 3.10. The van der Waals surface area contributed by atoms with E-state index in [1.165, 1.54) is 6.07 Å². The molecular formula is C10H12BrNO5S. The molecule has 8 heteroatoms. The Hall–Kier alpha value is -0.960. The topological polar surface area (TPSA) is 104 Å². The van der Waals surface area contributed by atoms with Gasteiger partial charge in [-0.25, -0.2) is 8.42 Å². The van der Waals surface area contributed by atoms with Crippen molar-refractivity contribution in [3.8, 4) is 0 Å². The number of rotatable bonds is 5. The van der Waals surface area contributed by atoms with Crippen molar-refractivity contribution in [2.24, 2.45) is 0 Å². The van der Waals surface area contributed by atoms with Gasteiger partial charge < -0.3 is 10.2 Å². The van der Waals surface area contributed by atoms with Gasteiger partial charge in [0.05, 0.1) is 11.5 Å². The zero-order chi connectivity index (χ0) is 13.9. The van der Waals surface area contributed by atoms with Gasteiger partial charge in [-0.05, 0) is 40.5 Å². The van der Waals surface area contributed by atoms with E-state index >= 15 is 0 Å². The molecule has 0 amide bonds. The summed E-state index contributed by atoms with van der Waals surface area (Å²) < 4.78 is 26.1. The largest absolute Gasteiger partial charge is 0.480 e. The number of halogens is 1. The number of aliphatic hydroxyl groups is 1. The number of hydrogen-bond acceptors (Lipinski definition) is 4. The molecule has 1 aromatic rings. The molecule has 1 rings (SSSR count). The van der Waals surface area contributed by atoms with E-state index in [-0.39, 0.29) is 4.90 Å². The Labute approximate surface area is 113 Å². The Morgan fingerprint density at radius 3 is 2.56 bits per heavy atom. The van der Waals surface area contributed by atoms with Crippen molar-refractivity contribution in [2.45, 2.75) is 17.9 Å². The molecule has 0 unspecified atom stereocenters. The number of nitrogens with one attached hydrogen (secondary N) is 1. The molecule has 6 nitrogen and oxygen atoms in total. The number of carboxylic acids is 1. The Morgan fingerprint density at radius 2 is 2.11 bits per heavy atom. The number of aliphatic carboxylic acids is 1. The summed E-state index contributed by atoms with van der Waals surface area (Å²) in [4.78, 5) is 10.6. The zero-order valence-corrected chi connectivity index (χ0v) is 11.8. The van der Waals surface area contributed by atoms with Crippen molar-refractivity contribution in [3.05, 3.63) is 28.2 Å². The number of sulfonamides is 1. The minimum atomic E-state index is -4.00. The van der Waals surface area contributed by atoms with Crippen molar-refractivity contribution >= 4 is 31.9 Å². The highest BCUT2D eigenvalue weighted by molar-refractivity contribution is 9.10. The van der Waals surface area contributed by atoms with Crippen LogP contribution in [0, 0.1) is 6.92 Å². The Kier molecular flexibility index (Phi) is 4.85. The Morgan fingerprint density at radius 1 is 1.50 bits per heavy atom. The van der Waals surface area contributed by atoms with E-state index in [1.54, 1.807) is 19.1 Å². The summed E-state index contributed by atoms with van der Waals surface area (Å²) in [6.07, 6.45) is 0. The molecule has 0 heterocycles. The molecule has 0 aliphatic heterocycles. The standard InChI is InChI=1S/C10H12BrNO5S/c1-6-2-3-9(7(11)4-6)18(16,17)12-8(5-13)10(14)15/h2-4,8,12-13H,5H2,1H3,(H,14,15)/t8-/m1/s1. The van der Waals surface area contributed by atoms with E-state index in [4.69, 9.17) is 10.2 Å². The molecular weight excluding hydrogens is 326 g/mol. The minimum absolute atomic E-state index is 0.0761. The van der Waals surface area contributed by atoms with Crippen LogP contribution in [0.2, 0.25) is 0 Å². The van der Waals surface area contributed by atoms with Gasteiger partial charge in [0.2, 0.25) is 10.0 Å². The molecule has 0 aromatic heterocycles. The van der Waals surface area contributed by atoms with Crippen molar-refractivity contribution in [3.63, 3.8) is 0 Å². The van der Waals surface area contributed by atoms with E-state index in [0.29, 0.717) is 4.47 Å². The molecule has 18 heavy (non-hydrogen) atoms. The zero-order valence-electron chi connectivity index (χ0n) is 9.42. The van der Waals surface area contributed by atoms with Gasteiger partial charge in [-0.3, -0.25) is 4.79 Å². The Balaban J connectivity index is 3.10. The summed E-state index contributed by atoms with van der Waals surface area (Å²) in [5.41, 5.74) is 0.859. The van der Waals surface area contributed by atoms with Crippen LogP contribution < -0.4 is 4.72 Å². The minimum Gasteiger partial charge on any atom is -0.480 e. The molecule has 0 bridgehead atoms. The molecule has 0 saturated heterocycles. The van der Waals surface area contributed by atoms with Gasteiger partial charge in [-0.15, -0.1) is 0 Å². The molecule has 0 radical (unpaired) electrons. The summed E-state index contributed by atoms with van der Waals surface area (Å²) in [6, 6.07) is 2.98. The van der Waals surface area contributed by atoms with Crippen LogP contribution in [0.1, 0.15) is 5.56 Å². The lowest BCUT2D eigenvalue weighted by molar-refractivity contribution is -0.139. The third kappa shape index (κ3) is 3.52. The second kappa shape index (κ2) is 5.79. The lowest BCUT2D eigenvalue weighted by Crippen LogP contribution is -2.43. The van der Waals surface area contributed by atoms with Gasteiger partial charge in [-0.2, -0.15) is 4.72 Å². The van der Waals surface area contributed by atoms with Crippen molar-refractivity contribution in [2.75, 3.05) is 6.61 Å². The first kappa shape index (κ1) is 15.1. The first-order valence-electron chi connectivity index (χ1n) is 4.90. The molecule has 1 atom stereocenters. The highest BCUT2D eigenvalue weighted by Crippen LogP contribution is 2.23. The maximum Gasteiger partial charge on any atom is 0.324 e. The van der Waals surface area contributed by atoms with Crippen LogP contribution in [-0.2, 0) is 14.8 Å². The molecule has 0 saturated carbocycles. The molecule has 1 aromatic carbocycles. The lowest BCUT2D eigenvalue weighted by Gasteiger charge is -2.13. The SMILES string of the molecule is Cc1ccc(S(=O)(=O)N[C@H](CO)C(=O)O)c(Br)c1. The number of benzene rings is 1. The third-order valence-corrected chi connectivity index (χ3v) is 4.60. The normalized spacial score (nSPS) is 13.3. The second-order valence-electron chi connectivity index (χ2n) is 3.63. The average Bonchev–Trinajstić information content (AvgIpc) is 2.24. The fraction of sp³-hybridized carbons (Fsp3) is 0.300. The van der Waals surface area contributed by atoms with Crippen LogP contribution in [-0.4, -0.2) is 37.2 Å². The van der Waals surface area contributed by atoms with Crippen LogP contribution >= 0.6 is 15.9 Å². The fourth-order valence-electron chi connectivity index (χ4n) is 1.24. The monoisotopic (exact) mass is 337 g/mol. The van der Waals surface area contributed by atoms with Crippen molar-refractivity contribution in [1.29, 1.82) is 0 Å². The quantitative estimate of drug-likeness (QED) is 0.725. The predicted octanol–water partition coefficient (Wildman–Crippen LogP) is 0.481. The average molecular weight is 338 g/mol. The van der Waals surface area contributed by atoms with Gasteiger partial charge in [0.15, 0.2) is 0 Å². The number of aliphatic hydroxyl groups excluding tert-OH is 1.